The van der Waals surface area contributed by atoms with Crippen molar-refractivity contribution >= 4 is 11.9 Å². The lowest BCUT2D eigenvalue weighted by Gasteiger charge is -2.17. The largest absolute Gasteiger partial charge is 0.480 e. The zero-order chi connectivity index (χ0) is 13.5. The Kier molecular flexibility index (Phi) is 2.78. The van der Waals surface area contributed by atoms with Crippen molar-refractivity contribution in [1.29, 1.82) is 0 Å². The number of rotatable bonds is 4. The minimum atomic E-state index is -0.982. The number of aliphatic carboxylic acids is 1. The van der Waals surface area contributed by atoms with Crippen LogP contribution < -0.4 is 5.32 Å². The maximum Gasteiger partial charge on any atom is 0.329 e. The molecule has 1 saturated carbocycles. The van der Waals surface area contributed by atoms with E-state index >= 15 is 0 Å². The number of carbonyl (C=O) groups excluding carboxylic acids is 1. The second kappa shape index (κ2) is 4.35. The third kappa shape index (κ3) is 2.33. The summed E-state index contributed by atoms with van der Waals surface area (Å²) in [6, 6.07) is 8.11. The fourth-order valence-corrected chi connectivity index (χ4v) is 2.54. The Morgan fingerprint density at radius 1 is 1.21 bits per heavy atom. The van der Waals surface area contributed by atoms with Gasteiger partial charge in [0.2, 0.25) is 5.91 Å². The van der Waals surface area contributed by atoms with Gasteiger partial charge in [0.15, 0.2) is 0 Å². The third-order valence-electron chi connectivity index (χ3n) is 3.81. The molecule has 1 aromatic carbocycles. The van der Waals surface area contributed by atoms with Crippen LogP contribution >= 0.6 is 0 Å². The fraction of sp³-hybridized carbons (Fsp3) is 0.429. The van der Waals surface area contributed by atoms with Gasteiger partial charge in [-0.15, -0.1) is 0 Å². The summed E-state index contributed by atoms with van der Waals surface area (Å²) in [6.45, 7) is 1.76. The summed E-state index contributed by atoms with van der Waals surface area (Å²) in [6.07, 6.45) is 1.07. The van der Waals surface area contributed by atoms with Gasteiger partial charge in [-0.3, -0.25) is 9.69 Å². The number of carboxylic acid groups (broad SMARTS) is 1. The highest BCUT2D eigenvalue weighted by Crippen LogP contribution is 2.35. The van der Waals surface area contributed by atoms with E-state index in [-0.39, 0.29) is 12.5 Å². The van der Waals surface area contributed by atoms with Gasteiger partial charge in [-0.2, -0.15) is 0 Å². The average Bonchev–Trinajstić information content (AvgIpc) is 3.02. The zero-order valence-corrected chi connectivity index (χ0v) is 10.6. The number of nitrogens with zero attached hydrogens (tertiary/aromatic N) is 1. The molecule has 0 unspecified atom stereocenters. The number of fused-ring (bicyclic) bond motifs is 1. The molecule has 3 rings (SSSR count). The van der Waals surface area contributed by atoms with Crippen LogP contribution in [0.5, 0.6) is 0 Å². The molecule has 2 N–H and O–H groups in total. The molecule has 0 radical (unpaired) electrons. The lowest BCUT2D eigenvalue weighted by Crippen LogP contribution is -2.46. The Balaban J connectivity index is 1.56. The third-order valence-corrected chi connectivity index (χ3v) is 3.81. The first-order chi connectivity index (χ1) is 9.09. The first-order valence-corrected chi connectivity index (χ1v) is 6.43. The minimum absolute atomic E-state index is 0.201. The summed E-state index contributed by atoms with van der Waals surface area (Å²) in [7, 11) is 0. The van der Waals surface area contributed by atoms with Gasteiger partial charge in [-0.25, -0.2) is 4.79 Å². The van der Waals surface area contributed by atoms with E-state index in [1.807, 2.05) is 17.0 Å². The molecular weight excluding hydrogens is 244 g/mol. The van der Waals surface area contributed by atoms with E-state index in [9.17, 15) is 9.59 Å². The summed E-state index contributed by atoms with van der Waals surface area (Å²) in [5, 5.41) is 11.7. The molecule has 5 nitrogen and oxygen atoms in total. The predicted octanol–water partition coefficient (Wildman–Crippen LogP) is 0.736. The molecule has 1 amide bonds. The number of carbonyl (C=O) groups is 2. The number of amides is 1. The quantitative estimate of drug-likeness (QED) is 0.837. The van der Waals surface area contributed by atoms with Crippen molar-refractivity contribution in [3.05, 3.63) is 35.4 Å². The standard InChI is InChI=1S/C14H16N2O3/c17-12(15-14(5-6-14)13(18)19)9-16-7-10-3-1-2-4-11(10)8-16/h1-4H,5-9H2,(H,15,17)(H,18,19). The molecule has 2 aliphatic rings. The van der Waals surface area contributed by atoms with Crippen molar-refractivity contribution in [2.24, 2.45) is 0 Å². The first kappa shape index (κ1) is 12.2. The summed E-state index contributed by atoms with van der Waals surface area (Å²) >= 11 is 0. The maximum atomic E-state index is 11.9. The molecule has 1 aromatic rings. The maximum absolute atomic E-state index is 11.9. The van der Waals surface area contributed by atoms with E-state index in [0.29, 0.717) is 12.8 Å². The topological polar surface area (TPSA) is 69.6 Å². The van der Waals surface area contributed by atoms with Crippen molar-refractivity contribution in [3.63, 3.8) is 0 Å². The van der Waals surface area contributed by atoms with Crippen LogP contribution in [0, 0.1) is 0 Å². The van der Waals surface area contributed by atoms with Crippen molar-refractivity contribution in [1.82, 2.24) is 10.2 Å². The van der Waals surface area contributed by atoms with Crippen LogP contribution in [0.25, 0.3) is 0 Å². The van der Waals surface area contributed by atoms with Crippen molar-refractivity contribution in [2.45, 2.75) is 31.5 Å². The van der Waals surface area contributed by atoms with E-state index in [1.54, 1.807) is 0 Å². The van der Waals surface area contributed by atoms with Crippen molar-refractivity contribution < 1.29 is 14.7 Å². The van der Waals surface area contributed by atoms with Crippen LogP contribution in [0.2, 0.25) is 0 Å². The normalized spacial score (nSPS) is 19.8. The van der Waals surface area contributed by atoms with Gasteiger partial charge >= 0.3 is 5.97 Å². The van der Waals surface area contributed by atoms with Crippen molar-refractivity contribution in [2.75, 3.05) is 6.54 Å². The Bertz CT molecular complexity index is 512. The van der Waals surface area contributed by atoms with Gasteiger partial charge in [0, 0.05) is 13.1 Å². The summed E-state index contributed by atoms with van der Waals surface area (Å²) in [5.74, 6) is -1.13. The van der Waals surface area contributed by atoms with Crippen LogP contribution in [-0.2, 0) is 22.7 Å². The molecule has 1 heterocycles. The minimum Gasteiger partial charge on any atom is -0.480 e. The fourth-order valence-electron chi connectivity index (χ4n) is 2.54. The SMILES string of the molecule is O=C(CN1Cc2ccccc2C1)NC1(C(=O)O)CC1. The molecule has 5 heteroatoms. The van der Waals surface area contributed by atoms with E-state index in [4.69, 9.17) is 5.11 Å². The van der Waals surface area contributed by atoms with Crippen LogP contribution in [0.15, 0.2) is 24.3 Å². The zero-order valence-electron chi connectivity index (χ0n) is 10.6. The number of carboxylic acids is 1. The summed E-state index contributed by atoms with van der Waals surface area (Å²) < 4.78 is 0. The van der Waals surface area contributed by atoms with Crippen LogP contribution in [0.4, 0.5) is 0 Å². The van der Waals surface area contributed by atoms with Gasteiger partial charge in [0.1, 0.15) is 5.54 Å². The Morgan fingerprint density at radius 3 is 2.26 bits per heavy atom. The summed E-state index contributed by atoms with van der Waals surface area (Å²) in [4.78, 5) is 24.9. The van der Waals surface area contributed by atoms with Crippen LogP contribution in [0.1, 0.15) is 24.0 Å². The highest BCUT2D eigenvalue weighted by Gasteiger charge is 2.51. The first-order valence-electron chi connectivity index (χ1n) is 6.43. The van der Waals surface area contributed by atoms with Gasteiger partial charge in [-0.05, 0) is 24.0 Å². The molecule has 0 saturated heterocycles. The molecule has 0 bridgehead atoms. The van der Waals surface area contributed by atoms with Gasteiger partial charge in [-0.1, -0.05) is 24.3 Å². The van der Waals surface area contributed by atoms with Gasteiger partial charge in [0.25, 0.3) is 0 Å². The molecular formula is C14H16N2O3. The monoisotopic (exact) mass is 260 g/mol. The predicted molar refractivity (Wildman–Crippen MR) is 68.3 cm³/mol. The number of hydrogen-bond donors (Lipinski definition) is 2. The Morgan fingerprint density at radius 2 is 1.79 bits per heavy atom. The molecule has 19 heavy (non-hydrogen) atoms. The lowest BCUT2D eigenvalue weighted by atomic mass is 10.1. The van der Waals surface area contributed by atoms with E-state index in [2.05, 4.69) is 17.4 Å². The molecule has 0 atom stereocenters. The molecule has 1 fully saturated rings. The van der Waals surface area contributed by atoms with E-state index < -0.39 is 11.5 Å². The second-order valence-electron chi connectivity index (χ2n) is 5.35. The Hall–Kier alpha value is -1.88. The number of hydrogen-bond acceptors (Lipinski definition) is 3. The highest BCUT2D eigenvalue weighted by atomic mass is 16.4. The molecule has 0 spiro atoms. The van der Waals surface area contributed by atoms with Crippen LogP contribution in [-0.4, -0.2) is 34.0 Å². The highest BCUT2D eigenvalue weighted by molar-refractivity contribution is 5.90. The number of nitrogens with one attached hydrogen (secondary N) is 1. The van der Waals surface area contributed by atoms with Gasteiger partial charge < -0.3 is 10.4 Å². The summed E-state index contributed by atoms with van der Waals surface area (Å²) in [5.41, 5.74) is 1.51. The average molecular weight is 260 g/mol. The molecule has 100 valence electrons. The molecule has 1 aliphatic carbocycles. The second-order valence-corrected chi connectivity index (χ2v) is 5.35. The smallest absolute Gasteiger partial charge is 0.329 e. The molecule has 0 aromatic heterocycles. The molecule has 1 aliphatic heterocycles. The Labute approximate surface area is 111 Å². The van der Waals surface area contributed by atoms with Crippen molar-refractivity contribution in [3.8, 4) is 0 Å². The van der Waals surface area contributed by atoms with Crippen LogP contribution in [0.3, 0.4) is 0 Å². The van der Waals surface area contributed by atoms with E-state index in [0.717, 1.165) is 13.1 Å². The number of benzene rings is 1. The lowest BCUT2D eigenvalue weighted by molar-refractivity contribution is -0.143. The van der Waals surface area contributed by atoms with E-state index in [1.165, 1.54) is 11.1 Å². The van der Waals surface area contributed by atoms with Gasteiger partial charge in [0.05, 0.1) is 6.54 Å².